The fraction of sp³-hybridized carbons (Fsp3) is 0.385. The maximum Gasteiger partial charge on any atom is 0.416 e. The molecule has 0 saturated heterocycles. The molecule has 1 rings (SSSR count). The molecule has 0 aliphatic rings. The van der Waals surface area contributed by atoms with Crippen molar-refractivity contribution >= 4 is 36.7 Å². The van der Waals surface area contributed by atoms with E-state index in [0.717, 1.165) is 12.1 Å². The van der Waals surface area contributed by atoms with Crippen molar-refractivity contribution in [1.29, 1.82) is 10.8 Å². The first-order valence-electron chi connectivity index (χ1n) is 6.29. The fourth-order valence-corrected chi connectivity index (χ4v) is 1.50. The second kappa shape index (κ2) is 10.2. The second-order valence-electron chi connectivity index (χ2n) is 4.72. The van der Waals surface area contributed by atoms with Gasteiger partial charge in [-0.3, -0.25) is 16.1 Å². The van der Waals surface area contributed by atoms with Gasteiger partial charge in [-0.2, -0.15) is 13.2 Å². The average Bonchev–Trinajstić information content (AvgIpc) is 2.34. The van der Waals surface area contributed by atoms with Crippen LogP contribution in [0.5, 0.6) is 0 Å². The highest BCUT2D eigenvalue weighted by Gasteiger charge is 2.29. The summed E-state index contributed by atoms with van der Waals surface area (Å²) >= 11 is 0. The molecule has 10 heteroatoms. The molecule has 0 aromatic heterocycles. The summed E-state index contributed by atoms with van der Waals surface area (Å²) in [5.74, 6) is -0.122. The highest BCUT2D eigenvalue weighted by molar-refractivity contribution is 5.95. The van der Waals surface area contributed by atoms with Gasteiger partial charge in [0.1, 0.15) is 0 Å². The zero-order valence-electron chi connectivity index (χ0n) is 12.5. The largest absolute Gasteiger partial charge is 0.416 e. The van der Waals surface area contributed by atoms with Crippen molar-refractivity contribution in [2.45, 2.75) is 32.6 Å². The molecule has 0 bridgehead atoms. The number of alkyl halides is 3. The Morgan fingerprint density at radius 3 is 2.00 bits per heavy atom. The molecular weight excluding hydrogens is 354 g/mol. The first kappa shape index (κ1) is 23.6. The van der Waals surface area contributed by atoms with E-state index >= 15 is 0 Å². The molecule has 132 valence electrons. The van der Waals surface area contributed by atoms with Crippen molar-refractivity contribution in [3.05, 3.63) is 35.4 Å². The summed E-state index contributed by atoms with van der Waals surface area (Å²) in [6.45, 7) is 3.91. The Kier molecular flexibility index (Phi) is 10.4. The van der Waals surface area contributed by atoms with Gasteiger partial charge >= 0.3 is 6.18 Å². The Morgan fingerprint density at radius 1 is 1.04 bits per heavy atom. The molecule has 5 nitrogen and oxygen atoms in total. The molecule has 1 aromatic carbocycles. The first-order valence-corrected chi connectivity index (χ1v) is 6.29. The van der Waals surface area contributed by atoms with Gasteiger partial charge in [-0.1, -0.05) is 12.1 Å². The molecule has 1 aromatic rings. The van der Waals surface area contributed by atoms with Gasteiger partial charge in [0.2, 0.25) is 0 Å². The number of rotatable bonds is 3. The minimum Gasteiger partial charge on any atom is -0.354 e. The normalized spacial score (nSPS) is 10.2. The smallest absolute Gasteiger partial charge is 0.354 e. The molecule has 0 aliphatic heterocycles. The summed E-state index contributed by atoms with van der Waals surface area (Å²) < 4.78 is 37.2. The average molecular weight is 374 g/mol. The number of guanidine groups is 2. The molecular formula is C13H20Cl2F3N5. The Hall–Kier alpha value is -1.67. The molecule has 0 heterocycles. The van der Waals surface area contributed by atoms with Crippen LogP contribution in [0.25, 0.3) is 0 Å². The zero-order chi connectivity index (χ0) is 16.0. The number of hydrogen-bond donors (Lipinski definition) is 5. The Labute approximate surface area is 145 Å². The topological polar surface area (TPSA) is 83.8 Å². The third-order valence-electron chi connectivity index (χ3n) is 2.43. The molecule has 0 saturated carbocycles. The third-order valence-corrected chi connectivity index (χ3v) is 2.43. The van der Waals surface area contributed by atoms with Gasteiger partial charge in [-0.25, -0.2) is 0 Å². The Bertz CT molecular complexity index is 503. The van der Waals surface area contributed by atoms with Crippen molar-refractivity contribution in [3.8, 4) is 0 Å². The van der Waals surface area contributed by atoms with E-state index in [9.17, 15) is 13.2 Å². The summed E-state index contributed by atoms with van der Waals surface area (Å²) in [4.78, 5) is 0. The Balaban J connectivity index is 0. The Morgan fingerprint density at radius 2 is 1.57 bits per heavy atom. The van der Waals surface area contributed by atoms with Gasteiger partial charge < -0.3 is 10.6 Å². The van der Waals surface area contributed by atoms with Crippen LogP contribution in [-0.2, 0) is 12.7 Å². The van der Waals surface area contributed by atoms with E-state index in [4.69, 9.17) is 10.8 Å². The lowest BCUT2D eigenvalue weighted by Gasteiger charge is -2.14. The molecule has 0 unspecified atom stereocenters. The van der Waals surface area contributed by atoms with E-state index in [2.05, 4.69) is 16.0 Å². The first-order chi connectivity index (χ1) is 9.68. The van der Waals surface area contributed by atoms with Crippen LogP contribution < -0.4 is 16.0 Å². The SMILES string of the molecule is CC(C)NC(=N)NC(=N)NCc1ccc(C(F)(F)F)cc1.Cl.Cl. The molecule has 0 aliphatic carbocycles. The minimum absolute atomic E-state index is 0. The third kappa shape index (κ3) is 9.14. The van der Waals surface area contributed by atoms with E-state index in [1.54, 1.807) is 0 Å². The maximum atomic E-state index is 12.4. The zero-order valence-corrected chi connectivity index (χ0v) is 14.2. The van der Waals surface area contributed by atoms with Crippen molar-refractivity contribution in [2.24, 2.45) is 0 Å². The summed E-state index contributed by atoms with van der Waals surface area (Å²) in [7, 11) is 0. The molecule has 5 N–H and O–H groups in total. The van der Waals surface area contributed by atoms with Crippen molar-refractivity contribution < 1.29 is 13.2 Å². The summed E-state index contributed by atoms with van der Waals surface area (Å²) in [6, 6.07) is 4.75. The maximum absolute atomic E-state index is 12.4. The quantitative estimate of drug-likeness (QED) is 0.417. The van der Waals surface area contributed by atoms with Gasteiger partial charge in [0.25, 0.3) is 0 Å². The van der Waals surface area contributed by atoms with Crippen LogP contribution in [0.15, 0.2) is 24.3 Å². The van der Waals surface area contributed by atoms with Gasteiger partial charge in [0.05, 0.1) is 5.56 Å². The van der Waals surface area contributed by atoms with Gasteiger partial charge in [-0.05, 0) is 31.5 Å². The predicted octanol–water partition coefficient (Wildman–Crippen LogP) is 3.10. The number of hydrogen-bond acceptors (Lipinski definition) is 2. The summed E-state index contributed by atoms with van der Waals surface area (Å²) in [5, 5.41) is 23.0. The fourth-order valence-electron chi connectivity index (χ4n) is 1.50. The molecule has 0 atom stereocenters. The highest BCUT2D eigenvalue weighted by Crippen LogP contribution is 2.28. The van der Waals surface area contributed by atoms with Gasteiger partial charge in [0.15, 0.2) is 11.9 Å². The van der Waals surface area contributed by atoms with Crippen LogP contribution in [0, 0.1) is 10.8 Å². The van der Waals surface area contributed by atoms with Crippen molar-refractivity contribution in [1.82, 2.24) is 16.0 Å². The molecule has 0 radical (unpaired) electrons. The lowest BCUT2D eigenvalue weighted by molar-refractivity contribution is -0.137. The molecule has 0 fully saturated rings. The number of halogens is 5. The number of nitrogens with one attached hydrogen (secondary N) is 5. The van der Waals surface area contributed by atoms with Crippen molar-refractivity contribution in [2.75, 3.05) is 0 Å². The van der Waals surface area contributed by atoms with Crippen LogP contribution in [0.4, 0.5) is 13.2 Å². The monoisotopic (exact) mass is 373 g/mol. The summed E-state index contributed by atoms with van der Waals surface area (Å²) in [5.41, 5.74) is -0.0970. The lowest BCUT2D eigenvalue weighted by Crippen LogP contribution is -2.47. The predicted molar refractivity (Wildman–Crippen MR) is 89.6 cm³/mol. The molecule has 23 heavy (non-hydrogen) atoms. The van der Waals surface area contributed by atoms with Crippen LogP contribution >= 0.6 is 24.8 Å². The van der Waals surface area contributed by atoms with Gasteiger partial charge in [0, 0.05) is 12.6 Å². The standard InChI is InChI=1S/C13H18F3N5.2ClH/c1-8(2)20-12(18)21-11(17)19-7-9-3-5-10(6-4-9)13(14,15)16;;/h3-6,8H,7H2,1-2H3,(H5,17,18,19,20,21);2*1H. The van der Waals surface area contributed by atoms with E-state index in [1.165, 1.54) is 12.1 Å². The van der Waals surface area contributed by atoms with E-state index in [-0.39, 0.29) is 49.3 Å². The van der Waals surface area contributed by atoms with E-state index in [0.29, 0.717) is 5.56 Å². The van der Waals surface area contributed by atoms with E-state index < -0.39 is 11.7 Å². The highest BCUT2D eigenvalue weighted by atomic mass is 35.5. The second-order valence-corrected chi connectivity index (χ2v) is 4.72. The summed E-state index contributed by atoms with van der Waals surface area (Å²) in [6.07, 6.45) is -4.35. The van der Waals surface area contributed by atoms with Crippen LogP contribution in [0.2, 0.25) is 0 Å². The van der Waals surface area contributed by atoms with Crippen LogP contribution in [-0.4, -0.2) is 18.0 Å². The number of benzene rings is 1. The van der Waals surface area contributed by atoms with Crippen LogP contribution in [0.1, 0.15) is 25.0 Å². The molecule has 0 spiro atoms. The van der Waals surface area contributed by atoms with Crippen LogP contribution in [0.3, 0.4) is 0 Å². The lowest BCUT2D eigenvalue weighted by atomic mass is 10.1. The van der Waals surface area contributed by atoms with Crippen molar-refractivity contribution in [3.63, 3.8) is 0 Å². The van der Waals surface area contributed by atoms with Gasteiger partial charge in [-0.15, -0.1) is 24.8 Å². The molecule has 0 amide bonds. The van der Waals surface area contributed by atoms with E-state index in [1.807, 2.05) is 13.8 Å². The minimum atomic E-state index is -4.35.